The standard InChI is InChI=1S/C28H24N2O5/c1-3-14-34-21-10-7-18(8-11-21)25-24(27(32)28(33)30(25)23-6-4-5-13-29-23)26(31)19-9-12-22-20(16-19)15-17(2)35-22/h3-13,16-17,25,31H,1,14-15H2,2H3. The molecule has 0 bridgehead atoms. The lowest BCUT2D eigenvalue weighted by Gasteiger charge is -2.24. The number of aromatic nitrogens is 1. The van der Waals surface area contributed by atoms with Crippen molar-refractivity contribution in [2.75, 3.05) is 11.5 Å². The predicted octanol–water partition coefficient (Wildman–Crippen LogP) is 4.60. The Bertz CT molecular complexity index is 1330. The first-order valence-corrected chi connectivity index (χ1v) is 11.3. The summed E-state index contributed by atoms with van der Waals surface area (Å²) in [6, 6.07) is 16.6. The summed E-state index contributed by atoms with van der Waals surface area (Å²) >= 11 is 0. The highest BCUT2D eigenvalue weighted by Gasteiger charge is 2.47. The lowest BCUT2D eigenvalue weighted by atomic mass is 9.94. The van der Waals surface area contributed by atoms with Gasteiger partial charge in [-0.3, -0.25) is 14.5 Å². The molecule has 2 aliphatic heterocycles. The van der Waals surface area contributed by atoms with E-state index in [-0.39, 0.29) is 17.4 Å². The Morgan fingerprint density at radius 1 is 1.20 bits per heavy atom. The Morgan fingerprint density at radius 2 is 2.00 bits per heavy atom. The molecule has 176 valence electrons. The summed E-state index contributed by atoms with van der Waals surface area (Å²) in [5, 5.41) is 11.4. The molecule has 7 heteroatoms. The number of nitrogens with zero attached hydrogens (tertiary/aromatic N) is 2. The molecule has 1 N–H and O–H groups in total. The van der Waals surface area contributed by atoms with Gasteiger partial charge in [-0.1, -0.05) is 30.9 Å². The monoisotopic (exact) mass is 468 g/mol. The van der Waals surface area contributed by atoms with E-state index >= 15 is 0 Å². The van der Waals surface area contributed by atoms with Crippen LogP contribution in [0.2, 0.25) is 0 Å². The van der Waals surface area contributed by atoms with E-state index in [1.54, 1.807) is 66.9 Å². The number of carbonyl (C=O) groups is 2. The second-order valence-electron chi connectivity index (χ2n) is 8.48. The zero-order valence-electron chi connectivity index (χ0n) is 19.2. The number of amides is 1. The van der Waals surface area contributed by atoms with Gasteiger partial charge in [-0.2, -0.15) is 0 Å². The van der Waals surface area contributed by atoms with Crippen molar-refractivity contribution in [3.05, 3.63) is 102 Å². The third kappa shape index (κ3) is 4.05. The fourth-order valence-corrected chi connectivity index (χ4v) is 4.51. The topological polar surface area (TPSA) is 89.0 Å². The van der Waals surface area contributed by atoms with Crippen molar-refractivity contribution in [3.63, 3.8) is 0 Å². The number of benzene rings is 2. The van der Waals surface area contributed by atoms with Crippen LogP contribution in [0.4, 0.5) is 5.82 Å². The molecule has 1 amide bonds. The second kappa shape index (κ2) is 9.10. The molecule has 0 spiro atoms. The van der Waals surface area contributed by atoms with Crippen LogP contribution in [0.1, 0.15) is 29.7 Å². The fourth-order valence-electron chi connectivity index (χ4n) is 4.51. The highest BCUT2D eigenvalue weighted by molar-refractivity contribution is 6.51. The second-order valence-corrected chi connectivity index (χ2v) is 8.48. The number of anilines is 1. The molecule has 3 heterocycles. The van der Waals surface area contributed by atoms with Crippen LogP contribution >= 0.6 is 0 Å². The number of fused-ring (bicyclic) bond motifs is 1. The molecule has 5 rings (SSSR count). The Hall–Kier alpha value is -4.39. The fraction of sp³-hybridized carbons (Fsp3) is 0.179. The number of hydrogen-bond acceptors (Lipinski definition) is 6. The van der Waals surface area contributed by atoms with Crippen LogP contribution in [0.15, 0.2) is 85.1 Å². The molecule has 0 aliphatic carbocycles. The number of aliphatic hydroxyl groups is 1. The maximum absolute atomic E-state index is 13.3. The SMILES string of the molecule is C=CCOc1ccc(C2C(=C(O)c3ccc4c(c3)CC(C)O4)C(=O)C(=O)N2c2ccccn2)cc1. The summed E-state index contributed by atoms with van der Waals surface area (Å²) in [7, 11) is 0. The Balaban J connectivity index is 1.63. The van der Waals surface area contributed by atoms with Crippen molar-refractivity contribution in [1.82, 2.24) is 4.98 Å². The van der Waals surface area contributed by atoms with Crippen LogP contribution in [0.3, 0.4) is 0 Å². The van der Waals surface area contributed by atoms with Gasteiger partial charge < -0.3 is 14.6 Å². The van der Waals surface area contributed by atoms with Gasteiger partial charge in [0.1, 0.15) is 35.8 Å². The first-order valence-electron chi connectivity index (χ1n) is 11.3. The molecule has 0 saturated carbocycles. The molecule has 35 heavy (non-hydrogen) atoms. The first kappa shape index (κ1) is 22.4. The maximum atomic E-state index is 13.3. The van der Waals surface area contributed by atoms with Crippen LogP contribution in [0.25, 0.3) is 5.76 Å². The van der Waals surface area contributed by atoms with Crippen molar-refractivity contribution in [2.24, 2.45) is 0 Å². The molecular formula is C28H24N2O5. The highest BCUT2D eigenvalue weighted by atomic mass is 16.5. The predicted molar refractivity (Wildman–Crippen MR) is 131 cm³/mol. The zero-order chi connectivity index (χ0) is 24.5. The van der Waals surface area contributed by atoms with E-state index < -0.39 is 17.7 Å². The zero-order valence-corrected chi connectivity index (χ0v) is 19.2. The van der Waals surface area contributed by atoms with Gasteiger partial charge in [0.15, 0.2) is 0 Å². The highest BCUT2D eigenvalue weighted by Crippen LogP contribution is 2.42. The summed E-state index contributed by atoms with van der Waals surface area (Å²) in [5.74, 6) is -0.0515. The molecule has 2 unspecified atom stereocenters. The van der Waals surface area contributed by atoms with Crippen molar-refractivity contribution in [1.29, 1.82) is 0 Å². The third-order valence-electron chi connectivity index (χ3n) is 6.07. The van der Waals surface area contributed by atoms with E-state index in [9.17, 15) is 14.7 Å². The van der Waals surface area contributed by atoms with Gasteiger partial charge in [0, 0.05) is 18.2 Å². The van der Waals surface area contributed by atoms with E-state index in [0.717, 1.165) is 11.3 Å². The van der Waals surface area contributed by atoms with E-state index in [1.807, 2.05) is 13.0 Å². The number of pyridine rings is 1. The molecule has 2 atom stereocenters. The van der Waals surface area contributed by atoms with Gasteiger partial charge in [0.25, 0.3) is 5.78 Å². The Morgan fingerprint density at radius 3 is 2.71 bits per heavy atom. The van der Waals surface area contributed by atoms with Crippen LogP contribution < -0.4 is 14.4 Å². The van der Waals surface area contributed by atoms with Crippen molar-refractivity contribution in [3.8, 4) is 11.5 Å². The van der Waals surface area contributed by atoms with Crippen molar-refractivity contribution < 1.29 is 24.2 Å². The molecule has 1 aromatic heterocycles. The number of Topliss-reactive ketones (excluding diaryl/α,β-unsaturated/α-hetero) is 1. The normalized spacial score (nSPS) is 20.4. The maximum Gasteiger partial charge on any atom is 0.301 e. The molecule has 1 fully saturated rings. The molecule has 1 saturated heterocycles. The van der Waals surface area contributed by atoms with E-state index in [1.165, 1.54) is 4.90 Å². The summed E-state index contributed by atoms with van der Waals surface area (Å²) < 4.78 is 11.3. The average Bonchev–Trinajstić information content (AvgIpc) is 3.38. The van der Waals surface area contributed by atoms with Gasteiger partial charge >= 0.3 is 5.91 Å². The Kier molecular flexibility index (Phi) is 5.82. The van der Waals surface area contributed by atoms with Crippen LogP contribution in [0, 0.1) is 0 Å². The van der Waals surface area contributed by atoms with Gasteiger partial charge in [0.05, 0.1) is 11.6 Å². The number of ether oxygens (including phenoxy) is 2. The summed E-state index contributed by atoms with van der Waals surface area (Å²) in [6.45, 7) is 5.97. The van der Waals surface area contributed by atoms with Crippen molar-refractivity contribution >= 4 is 23.3 Å². The Labute approximate surface area is 202 Å². The van der Waals surface area contributed by atoms with Crippen LogP contribution in [0.5, 0.6) is 11.5 Å². The number of ketones is 1. The third-order valence-corrected chi connectivity index (χ3v) is 6.07. The van der Waals surface area contributed by atoms with Crippen LogP contribution in [-0.4, -0.2) is 34.5 Å². The minimum absolute atomic E-state index is 0.00678. The molecule has 2 aliphatic rings. The lowest BCUT2D eigenvalue weighted by Crippen LogP contribution is -2.30. The molecule has 7 nitrogen and oxygen atoms in total. The smallest absolute Gasteiger partial charge is 0.301 e. The summed E-state index contributed by atoms with van der Waals surface area (Å²) in [4.78, 5) is 32.1. The van der Waals surface area contributed by atoms with E-state index in [2.05, 4.69) is 11.6 Å². The van der Waals surface area contributed by atoms with Gasteiger partial charge in [-0.05, 0) is 60.5 Å². The largest absolute Gasteiger partial charge is 0.507 e. The quantitative estimate of drug-likeness (QED) is 0.246. The minimum Gasteiger partial charge on any atom is -0.507 e. The van der Waals surface area contributed by atoms with Gasteiger partial charge in [-0.15, -0.1) is 0 Å². The van der Waals surface area contributed by atoms with Gasteiger partial charge in [0.2, 0.25) is 0 Å². The molecular weight excluding hydrogens is 444 g/mol. The number of rotatable bonds is 6. The first-order chi connectivity index (χ1) is 17.0. The van der Waals surface area contributed by atoms with E-state index in [4.69, 9.17) is 9.47 Å². The molecule has 0 radical (unpaired) electrons. The number of hydrogen-bond donors (Lipinski definition) is 1. The van der Waals surface area contributed by atoms with Crippen molar-refractivity contribution in [2.45, 2.75) is 25.5 Å². The molecule has 2 aromatic carbocycles. The average molecular weight is 469 g/mol. The summed E-state index contributed by atoms with van der Waals surface area (Å²) in [6.07, 6.45) is 3.94. The van der Waals surface area contributed by atoms with E-state index in [0.29, 0.717) is 35.7 Å². The summed E-state index contributed by atoms with van der Waals surface area (Å²) in [5.41, 5.74) is 2.05. The van der Waals surface area contributed by atoms with Gasteiger partial charge in [-0.25, -0.2) is 4.98 Å². The number of carbonyl (C=O) groups excluding carboxylic acids is 2. The number of aliphatic hydroxyl groups excluding tert-OH is 1. The molecule has 3 aromatic rings. The lowest BCUT2D eigenvalue weighted by molar-refractivity contribution is -0.132. The minimum atomic E-state index is -0.859. The van der Waals surface area contributed by atoms with Crippen LogP contribution in [-0.2, 0) is 16.0 Å².